The second-order valence-corrected chi connectivity index (χ2v) is 4.46. The van der Waals surface area contributed by atoms with Crippen molar-refractivity contribution in [1.29, 1.82) is 0 Å². The summed E-state index contributed by atoms with van der Waals surface area (Å²) in [5.41, 5.74) is 5.57. The van der Waals surface area contributed by atoms with Gasteiger partial charge in [-0.05, 0) is 12.8 Å². The Morgan fingerprint density at radius 2 is 2.21 bits per heavy atom. The van der Waals surface area contributed by atoms with E-state index in [2.05, 4.69) is 10.1 Å². The molecule has 0 spiro atoms. The van der Waals surface area contributed by atoms with Crippen LogP contribution in [0.25, 0.3) is 0 Å². The lowest BCUT2D eigenvalue weighted by Gasteiger charge is -2.07. The first-order valence-electron chi connectivity index (χ1n) is 6.58. The summed E-state index contributed by atoms with van der Waals surface area (Å²) in [7, 11) is 1.64. The van der Waals surface area contributed by atoms with Gasteiger partial charge in [-0.3, -0.25) is 0 Å². The average Bonchev–Trinajstić information content (AvgIpc) is 3.07. The Morgan fingerprint density at radius 1 is 1.32 bits per heavy atom. The van der Waals surface area contributed by atoms with Gasteiger partial charge in [0.1, 0.15) is 6.10 Å². The molecule has 0 radical (unpaired) electrons. The standard InChI is InChI=1S/C12H21N3O4/c1-16-6-7-17-5-4-11-14-12(15-19-11)10-3-2-9(8-13)18-10/h9-10H,2-8,13H2,1H3. The molecular formula is C12H21N3O4. The maximum Gasteiger partial charge on any atom is 0.229 e. The van der Waals surface area contributed by atoms with Crippen LogP contribution in [0.3, 0.4) is 0 Å². The minimum atomic E-state index is -0.0829. The molecule has 0 aromatic carbocycles. The van der Waals surface area contributed by atoms with Crippen molar-refractivity contribution in [3.63, 3.8) is 0 Å². The van der Waals surface area contributed by atoms with Gasteiger partial charge in [-0.2, -0.15) is 4.98 Å². The van der Waals surface area contributed by atoms with E-state index in [0.717, 1.165) is 12.8 Å². The molecule has 2 atom stereocenters. The largest absolute Gasteiger partial charge is 0.382 e. The number of methoxy groups -OCH3 is 1. The molecule has 0 aliphatic carbocycles. The maximum atomic E-state index is 5.71. The third kappa shape index (κ3) is 4.24. The monoisotopic (exact) mass is 271 g/mol. The van der Waals surface area contributed by atoms with Crippen LogP contribution in [-0.2, 0) is 20.6 Å². The highest BCUT2D eigenvalue weighted by Gasteiger charge is 2.29. The van der Waals surface area contributed by atoms with Crippen molar-refractivity contribution in [2.75, 3.05) is 33.5 Å². The van der Waals surface area contributed by atoms with Crippen LogP contribution in [0.4, 0.5) is 0 Å². The smallest absolute Gasteiger partial charge is 0.229 e. The Morgan fingerprint density at radius 3 is 2.95 bits per heavy atom. The van der Waals surface area contributed by atoms with Crippen LogP contribution >= 0.6 is 0 Å². The molecule has 1 aromatic heterocycles. The summed E-state index contributed by atoms with van der Waals surface area (Å²) in [4.78, 5) is 4.32. The molecule has 2 N–H and O–H groups in total. The number of hydrogen-bond donors (Lipinski definition) is 1. The third-order valence-corrected chi connectivity index (χ3v) is 3.03. The fourth-order valence-electron chi connectivity index (χ4n) is 1.97. The van der Waals surface area contributed by atoms with Gasteiger partial charge in [-0.1, -0.05) is 5.16 Å². The fraction of sp³-hybridized carbons (Fsp3) is 0.833. The SMILES string of the molecule is COCCOCCc1nc(C2CCC(CN)O2)no1. The molecule has 1 fully saturated rings. The van der Waals surface area contributed by atoms with Crippen LogP contribution < -0.4 is 5.73 Å². The number of nitrogens with zero attached hydrogens (tertiary/aromatic N) is 2. The van der Waals surface area contributed by atoms with Gasteiger partial charge < -0.3 is 24.5 Å². The van der Waals surface area contributed by atoms with Crippen molar-refractivity contribution < 1.29 is 18.7 Å². The zero-order valence-corrected chi connectivity index (χ0v) is 11.2. The Kier molecular flexibility index (Phi) is 5.71. The Bertz CT molecular complexity index is 372. The van der Waals surface area contributed by atoms with Gasteiger partial charge in [0, 0.05) is 13.7 Å². The summed E-state index contributed by atoms with van der Waals surface area (Å²) in [6.45, 7) is 2.24. The van der Waals surface area contributed by atoms with Crippen molar-refractivity contribution in [3.8, 4) is 0 Å². The highest BCUT2D eigenvalue weighted by atomic mass is 16.5. The van der Waals surface area contributed by atoms with Gasteiger partial charge in [-0.15, -0.1) is 0 Å². The van der Waals surface area contributed by atoms with E-state index in [9.17, 15) is 0 Å². The molecule has 2 unspecified atom stereocenters. The van der Waals surface area contributed by atoms with Crippen LogP contribution in [0.15, 0.2) is 4.52 Å². The van der Waals surface area contributed by atoms with Crippen LogP contribution in [0.1, 0.15) is 30.7 Å². The molecule has 1 saturated heterocycles. The molecular weight excluding hydrogens is 250 g/mol. The van der Waals surface area contributed by atoms with E-state index in [1.54, 1.807) is 7.11 Å². The van der Waals surface area contributed by atoms with Gasteiger partial charge in [0.05, 0.1) is 32.3 Å². The number of rotatable bonds is 8. The van der Waals surface area contributed by atoms with Crippen molar-refractivity contribution >= 4 is 0 Å². The van der Waals surface area contributed by atoms with E-state index in [4.69, 9.17) is 24.5 Å². The number of nitrogens with two attached hydrogens (primary N) is 1. The van der Waals surface area contributed by atoms with Gasteiger partial charge in [0.15, 0.2) is 0 Å². The zero-order chi connectivity index (χ0) is 13.5. The topological polar surface area (TPSA) is 92.6 Å². The van der Waals surface area contributed by atoms with E-state index < -0.39 is 0 Å². The van der Waals surface area contributed by atoms with Gasteiger partial charge in [0.25, 0.3) is 0 Å². The summed E-state index contributed by atoms with van der Waals surface area (Å²) in [6, 6.07) is 0. The molecule has 2 heterocycles. The number of aromatic nitrogens is 2. The van der Waals surface area contributed by atoms with E-state index in [-0.39, 0.29) is 12.2 Å². The average molecular weight is 271 g/mol. The first-order valence-corrected chi connectivity index (χ1v) is 6.58. The van der Waals surface area contributed by atoms with Crippen LogP contribution in [-0.4, -0.2) is 49.7 Å². The lowest BCUT2D eigenvalue weighted by Crippen LogP contribution is -2.19. The van der Waals surface area contributed by atoms with Gasteiger partial charge in [-0.25, -0.2) is 0 Å². The lowest BCUT2D eigenvalue weighted by molar-refractivity contribution is 0.0435. The molecule has 0 amide bonds. The maximum absolute atomic E-state index is 5.71. The minimum absolute atomic E-state index is 0.0829. The molecule has 1 aromatic rings. The molecule has 7 heteroatoms. The van der Waals surface area contributed by atoms with Gasteiger partial charge in [0.2, 0.25) is 11.7 Å². The molecule has 0 saturated carbocycles. The first-order chi connectivity index (χ1) is 9.33. The van der Waals surface area contributed by atoms with E-state index >= 15 is 0 Å². The number of hydrogen-bond acceptors (Lipinski definition) is 7. The van der Waals surface area contributed by atoms with Gasteiger partial charge >= 0.3 is 0 Å². The molecule has 2 rings (SSSR count). The zero-order valence-electron chi connectivity index (χ0n) is 11.2. The van der Waals surface area contributed by atoms with Crippen LogP contribution in [0.2, 0.25) is 0 Å². The lowest BCUT2D eigenvalue weighted by atomic mass is 10.2. The van der Waals surface area contributed by atoms with Crippen molar-refractivity contribution in [2.45, 2.75) is 31.5 Å². The first kappa shape index (κ1) is 14.4. The molecule has 108 valence electrons. The molecule has 1 aliphatic heterocycles. The summed E-state index contributed by atoms with van der Waals surface area (Å²) in [6.07, 6.45) is 2.48. The van der Waals surface area contributed by atoms with E-state index in [1.807, 2.05) is 0 Å². The van der Waals surface area contributed by atoms with Crippen LogP contribution in [0.5, 0.6) is 0 Å². The Labute approximate surface area is 112 Å². The Hall–Kier alpha value is -1.02. The summed E-state index contributed by atoms with van der Waals surface area (Å²) < 4.78 is 21.1. The second kappa shape index (κ2) is 7.54. The third-order valence-electron chi connectivity index (χ3n) is 3.03. The van der Waals surface area contributed by atoms with Crippen molar-refractivity contribution in [1.82, 2.24) is 10.1 Å². The quantitative estimate of drug-likeness (QED) is 0.686. The summed E-state index contributed by atoms with van der Waals surface area (Å²) in [5.74, 6) is 1.19. The fourth-order valence-corrected chi connectivity index (χ4v) is 1.97. The predicted molar refractivity (Wildman–Crippen MR) is 66.6 cm³/mol. The highest BCUT2D eigenvalue weighted by Crippen LogP contribution is 2.30. The van der Waals surface area contributed by atoms with Crippen molar-refractivity contribution in [2.24, 2.45) is 5.73 Å². The summed E-state index contributed by atoms with van der Waals surface area (Å²) >= 11 is 0. The van der Waals surface area contributed by atoms with E-state index in [1.165, 1.54) is 0 Å². The molecule has 19 heavy (non-hydrogen) atoms. The highest BCUT2D eigenvalue weighted by molar-refractivity contribution is 4.94. The molecule has 1 aliphatic rings. The van der Waals surface area contributed by atoms with E-state index in [0.29, 0.717) is 44.5 Å². The molecule has 7 nitrogen and oxygen atoms in total. The normalized spacial score (nSPS) is 23.1. The Balaban J connectivity index is 1.73. The van der Waals surface area contributed by atoms with Crippen LogP contribution in [0, 0.1) is 0 Å². The second-order valence-electron chi connectivity index (χ2n) is 4.46. The molecule has 0 bridgehead atoms. The predicted octanol–water partition coefficient (Wildman–Crippen LogP) is 0.454. The summed E-state index contributed by atoms with van der Waals surface area (Å²) in [5, 5.41) is 3.95. The number of ether oxygens (including phenoxy) is 3. The minimum Gasteiger partial charge on any atom is -0.382 e. The van der Waals surface area contributed by atoms with Crippen molar-refractivity contribution in [3.05, 3.63) is 11.7 Å².